The lowest BCUT2D eigenvalue weighted by Gasteiger charge is -2.34. The molecule has 1 fully saturated rings. The predicted octanol–water partition coefficient (Wildman–Crippen LogP) is 2.14. The van der Waals surface area contributed by atoms with Crippen LogP contribution >= 0.6 is 0 Å². The molecular weight excluding hydrogens is 330 g/mol. The van der Waals surface area contributed by atoms with Crippen LogP contribution in [0.2, 0.25) is 0 Å². The number of aryl methyl sites for hydroxylation is 2. The maximum absolute atomic E-state index is 12.6. The number of anilines is 2. The Morgan fingerprint density at radius 3 is 2.15 bits per heavy atom. The summed E-state index contributed by atoms with van der Waals surface area (Å²) in [6.45, 7) is 7.85. The van der Waals surface area contributed by atoms with E-state index in [-0.39, 0.29) is 11.8 Å². The summed E-state index contributed by atoms with van der Waals surface area (Å²) < 4.78 is 0. The average molecular weight is 353 g/mol. The number of rotatable bonds is 3. The number of piperazine rings is 1. The van der Waals surface area contributed by atoms with E-state index in [4.69, 9.17) is 0 Å². The summed E-state index contributed by atoms with van der Waals surface area (Å²) in [6, 6.07) is 6.04. The molecule has 1 aliphatic heterocycles. The van der Waals surface area contributed by atoms with Crippen LogP contribution in [0.15, 0.2) is 30.6 Å². The van der Waals surface area contributed by atoms with Gasteiger partial charge >= 0.3 is 0 Å². The van der Waals surface area contributed by atoms with Crippen molar-refractivity contribution in [3.05, 3.63) is 47.3 Å². The van der Waals surface area contributed by atoms with Crippen LogP contribution in [-0.4, -0.2) is 57.8 Å². The van der Waals surface area contributed by atoms with Gasteiger partial charge in [0.05, 0.1) is 5.56 Å². The van der Waals surface area contributed by atoms with Gasteiger partial charge in [-0.1, -0.05) is 6.07 Å². The number of amides is 2. The zero-order valence-corrected chi connectivity index (χ0v) is 15.3. The second-order valence-corrected chi connectivity index (χ2v) is 6.52. The largest absolute Gasteiger partial charge is 0.339 e. The molecule has 26 heavy (non-hydrogen) atoms. The van der Waals surface area contributed by atoms with Crippen LogP contribution in [0, 0.1) is 13.8 Å². The summed E-state index contributed by atoms with van der Waals surface area (Å²) in [5.74, 6) is 0.388. The molecule has 136 valence electrons. The van der Waals surface area contributed by atoms with E-state index in [1.54, 1.807) is 16.7 Å². The van der Waals surface area contributed by atoms with E-state index in [1.165, 1.54) is 23.5 Å². The Balaban J connectivity index is 1.63. The molecule has 7 heteroatoms. The van der Waals surface area contributed by atoms with Crippen LogP contribution in [0.1, 0.15) is 28.4 Å². The fraction of sp³-hybridized carbons (Fsp3) is 0.368. The van der Waals surface area contributed by atoms with Crippen molar-refractivity contribution in [2.24, 2.45) is 0 Å². The van der Waals surface area contributed by atoms with Crippen molar-refractivity contribution in [3.63, 3.8) is 0 Å². The van der Waals surface area contributed by atoms with E-state index in [1.807, 2.05) is 18.2 Å². The molecule has 1 saturated heterocycles. The summed E-state index contributed by atoms with van der Waals surface area (Å²) in [5.41, 5.74) is 3.77. The molecular formula is C19H23N5O2. The minimum absolute atomic E-state index is 0.0437. The number of aromatic nitrogens is 2. The van der Waals surface area contributed by atoms with E-state index in [0.717, 1.165) is 5.69 Å². The third kappa shape index (κ3) is 3.99. The summed E-state index contributed by atoms with van der Waals surface area (Å²) in [6.07, 6.45) is 3.08. The molecule has 0 spiro atoms. The second-order valence-electron chi connectivity index (χ2n) is 6.52. The van der Waals surface area contributed by atoms with Crippen LogP contribution in [0.3, 0.4) is 0 Å². The Labute approximate surface area is 153 Å². The molecule has 2 aromatic rings. The Morgan fingerprint density at radius 2 is 1.58 bits per heavy atom. The Morgan fingerprint density at radius 1 is 0.962 bits per heavy atom. The fourth-order valence-corrected chi connectivity index (χ4v) is 2.86. The van der Waals surface area contributed by atoms with Gasteiger partial charge < -0.3 is 15.1 Å². The molecule has 1 aromatic carbocycles. The first-order chi connectivity index (χ1) is 12.4. The maximum Gasteiger partial charge on any atom is 0.257 e. The van der Waals surface area contributed by atoms with Crippen LogP contribution in [-0.2, 0) is 4.79 Å². The summed E-state index contributed by atoms with van der Waals surface area (Å²) in [4.78, 5) is 35.9. The van der Waals surface area contributed by atoms with Crippen molar-refractivity contribution >= 4 is 23.5 Å². The zero-order valence-electron chi connectivity index (χ0n) is 15.3. The van der Waals surface area contributed by atoms with Crippen LogP contribution in [0.25, 0.3) is 0 Å². The van der Waals surface area contributed by atoms with Crippen LogP contribution in [0.4, 0.5) is 11.6 Å². The van der Waals surface area contributed by atoms with Crippen molar-refractivity contribution in [3.8, 4) is 0 Å². The van der Waals surface area contributed by atoms with Gasteiger partial charge in [-0.2, -0.15) is 0 Å². The van der Waals surface area contributed by atoms with Crippen LogP contribution in [0.5, 0.6) is 0 Å². The maximum atomic E-state index is 12.6. The molecule has 0 radical (unpaired) electrons. The Hall–Kier alpha value is -2.96. The van der Waals surface area contributed by atoms with Crippen molar-refractivity contribution in [1.82, 2.24) is 19.8 Å². The number of benzene rings is 1. The molecule has 2 heterocycles. The number of nitrogens with zero attached hydrogens (tertiary/aromatic N) is 4. The van der Waals surface area contributed by atoms with Crippen molar-refractivity contribution < 1.29 is 9.59 Å². The lowest BCUT2D eigenvalue weighted by Crippen LogP contribution is -2.50. The Kier molecular flexibility index (Phi) is 5.16. The van der Waals surface area contributed by atoms with Gasteiger partial charge in [0.2, 0.25) is 11.9 Å². The molecule has 1 aliphatic rings. The van der Waals surface area contributed by atoms with Gasteiger partial charge in [0.15, 0.2) is 0 Å². The fourth-order valence-electron chi connectivity index (χ4n) is 2.86. The van der Waals surface area contributed by atoms with Crippen molar-refractivity contribution in [2.75, 3.05) is 31.5 Å². The van der Waals surface area contributed by atoms with Crippen LogP contribution < -0.4 is 5.32 Å². The van der Waals surface area contributed by atoms with Gasteiger partial charge in [0, 0.05) is 51.2 Å². The molecule has 0 bridgehead atoms. The summed E-state index contributed by atoms with van der Waals surface area (Å²) in [5, 5.41) is 3.14. The van der Waals surface area contributed by atoms with Crippen molar-refractivity contribution in [1.29, 1.82) is 0 Å². The monoisotopic (exact) mass is 353 g/mol. The highest BCUT2D eigenvalue weighted by atomic mass is 16.2. The second kappa shape index (κ2) is 7.51. The van der Waals surface area contributed by atoms with Gasteiger partial charge in [0.25, 0.3) is 5.91 Å². The highest BCUT2D eigenvalue weighted by Gasteiger charge is 2.23. The number of carbonyl (C=O) groups excluding carboxylic acids is 2. The number of carbonyl (C=O) groups is 2. The van der Waals surface area contributed by atoms with Crippen molar-refractivity contribution in [2.45, 2.75) is 20.8 Å². The molecule has 0 unspecified atom stereocenters. The van der Waals surface area contributed by atoms with E-state index < -0.39 is 0 Å². The molecule has 1 aromatic heterocycles. The molecule has 0 saturated carbocycles. The lowest BCUT2D eigenvalue weighted by atomic mass is 10.1. The van der Waals surface area contributed by atoms with E-state index in [0.29, 0.717) is 37.7 Å². The predicted molar refractivity (Wildman–Crippen MR) is 99.4 cm³/mol. The Bertz CT molecular complexity index is 811. The SMILES string of the molecule is CC(=O)N1CCN(C(=O)c2cnc(Nc3ccc(C)c(C)c3)nc2)CC1. The lowest BCUT2D eigenvalue weighted by molar-refractivity contribution is -0.130. The third-order valence-corrected chi connectivity index (χ3v) is 4.67. The van der Waals surface area contributed by atoms with E-state index in [2.05, 4.69) is 29.1 Å². The first kappa shape index (κ1) is 17.8. The highest BCUT2D eigenvalue weighted by molar-refractivity contribution is 5.94. The molecule has 7 nitrogen and oxygen atoms in total. The minimum Gasteiger partial charge on any atom is -0.339 e. The standard InChI is InChI=1S/C19H23N5O2/c1-13-4-5-17(10-14(13)2)22-19-20-11-16(12-21-19)18(26)24-8-6-23(7-9-24)15(3)25/h4-5,10-12H,6-9H2,1-3H3,(H,20,21,22). The normalized spacial score (nSPS) is 14.3. The topological polar surface area (TPSA) is 78.4 Å². The molecule has 0 aliphatic carbocycles. The smallest absolute Gasteiger partial charge is 0.257 e. The number of hydrogen-bond acceptors (Lipinski definition) is 5. The molecule has 3 rings (SSSR count). The van der Waals surface area contributed by atoms with Gasteiger partial charge in [-0.3, -0.25) is 9.59 Å². The van der Waals surface area contributed by atoms with E-state index in [9.17, 15) is 9.59 Å². The first-order valence-electron chi connectivity index (χ1n) is 8.65. The van der Waals surface area contributed by atoms with Gasteiger partial charge in [0.1, 0.15) is 0 Å². The third-order valence-electron chi connectivity index (χ3n) is 4.67. The minimum atomic E-state index is -0.106. The zero-order chi connectivity index (χ0) is 18.7. The number of nitrogens with one attached hydrogen (secondary N) is 1. The highest BCUT2D eigenvalue weighted by Crippen LogP contribution is 2.17. The number of hydrogen-bond donors (Lipinski definition) is 1. The molecule has 1 N–H and O–H groups in total. The van der Waals surface area contributed by atoms with E-state index >= 15 is 0 Å². The molecule has 0 atom stereocenters. The quantitative estimate of drug-likeness (QED) is 0.915. The van der Waals surface area contributed by atoms with Gasteiger partial charge in [-0.05, 0) is 37.1 Å². The molecule has 2 amide bonds. The summed E-state index contributed by atoms with van der Waals surface area (Å²) >= 11 is 0. The van der Waals surface area contributed by atoms with Gasteiger partial charge in [-0.15, -0.1) is 0 Å². The van der Waals surface area contributed by atoms with Gasteiger partial charge in [-0.25, -0.2) is 9.97 Å². The summed E-state index contributed by atoms with van der Waals surface area (Å²) in [7, 11) is 0. The average Bonchev–Trinajstić information content (AvgIpc) is 2.65. The first-order valence-corrected chi connectivity index (χ1v) is 8.65.